The fourth-order valence-corrected chi connectivity index (χ4v) is 3.32. The molecule has 7 heteroatoms. The smallest absolute Gasteiger partial charge is 0.336 e. The summed E-state index contributed by atoms with van der Waals surface area (Å²) in [5.41, 5.74) is 2.56. The minimum absolute atomic E-state index is 0.0402. The lowest BCUT2D eigenvalue weighted by Crippen LogP contribution is -2.09. The molecule has 0 amide bonds. The highest BCUT2D eigenvalue weighted by molar-refractivity contribution is 6.32. The van der Waals surface area contributed by atoms with Gasteiger partial charge < -0.3 is 18.3 Å². The van der Waals surface area contributed by atoms with E-state index in [4.69, 9.17) is 29.9 Å². The van der Waals surface area contributed by atoms with Crippen LogP contribution in [-0.2, 0) is 22.6 Å². The summed E-state index contributed by atoms with van der Waals surface area (Å²) in [6.45, 7) is 1.75. The van der Waals surface area contributed by atoms with E-state index in [9.17, 15) is 9.59 Å². The number of rotatable bonds is 5. The van der Waals surface area contributed by atoms with Gasteiger partial charge in [-0.2, -0.15) is 0 Å². The second kappa shape index (κ2) is 7.64. The van der Waals surface area contributed by atoms with Gasteiger partial charge in [0.05, 0.1) is 19.8 Å². The summed E-state index contributed by atoms with van der Waals surface area (Å²) in [5, 5.41) is 1.99. The van der Waals surface area contributed by atoms with Crippen LogP contribution in [0.1, 0.15) is 16.7 Å². The van der Waals surface area contributed by atoms with Crippen molar-refractivity contribution in [1.82, 2.24) is 0 Å². The second-order valence-electron chi connectivity index (χ2n) is 6.65. The number of carbonyl (C=O) groups is 1. The summed E-state index contributed by atoms with van der Waals surface area (Å²) in [4.78, 5) is 24.2. The van der Waals surface area contributed by atoms with Crippen molar-refractivity contribution in [2.75, 3.05) is 7.11 Å². The summed E-state index contributed by atoms with van der Waals surface area (Å²) in [6.07, 6.45) is 1.57. The van der Waals surface area contributed by atoms with E-state index in [2.05, 4.69) is 0 Å². The Morgan fingerprint density at radius 1 is 1.07 bits per heavy atom. The quantitative estimate of drug-likeness (QED) is 0.346. The number of aryl methyl sites for hydroxylation is 1. The Labute approximate surface area is 170 Å². The molecule has 0 spiro atoms. The number of hydrogen-bond donors (Lipinski definition) is 0. The fourth-order valence-electron chi connectivity index (χ4n) is 3.16. The fraction of sp³-hybridized carbons (Fsp3) is 0.182. The minimum Gasteiger partial charge on any atom is -0.497 e. The number of esters is 1. The number of ether oxygens (including phenoxy) is 2. The van der Waals surface area contributed by atoms with Gasteiger partial charge in [0, 0.05) is 39.1 Å². The molecular weight excluding hydrogens is 396 g/mol. The van der Waals surface area contributed by atoms with Crippen LogP contribution in [0.4, 0.5) is 0 Å². The Morgan fingerprint density at radius 3 is 2.69 bits per heavy atom. The maximum Gasteiger partial charge on any atom is 0.336 e. The standard InChI is InChI=1S/C22H17ClO6/c1-12-5-20-17(9-18(12)23)14(7-22(25)29-20)11-28-21(24)6-13-10-27-19-8-15(26-2)3-4-16(13)19/h3-5,7-10H,6,11H2,1-2H3. The van der Waals surface area contributed by atoms with Crippen LogP contribution >= 0.6 is 11.6 Å². The molecule has 0 atom stereocenters. The van der Waals surface area contributed by atoms with Crippen LogP contribution in [0.15, 0.2) is 56.3 Å². The number of benzene rings is 2. The SMILES string of the molecule is COc1ccc2c(CC(=O)OCc3cc(=O)oc4cc(C)c(Cl)cc34)coc2c1. The van der Waals surface area contributed by atoms with Gasteiger partial charge in [-0.1, -0.05) is 11.6 Å². The highest BCUT2D eigenvalue weighted by Crippen LogP contribution is 2.27. The van der Waals surface area contributed by atoms with Crippen molar-refractivity contribution in [3.8, 4) is 5.75 Å². The number of carbonyl (C=O) groups excluding carboxylic acids is 1. The Kier molecular flexibility index (Phi) is 5.03. The summed E-state index contributed by atoms with van der Waals surface area (Å²) < 4.78 is 21.3. The van der Waals surface area contributed by atoms with Gasteiger partial charge in [-0.15, -0.1) is 0 Å². The molecule has 0 bridgehead atoms. The first kappa shape index (κ1) is 19.1. The zero-order chi connectivity index (χ0) is 20.5. The van der Waals surface area contributed by atoms with Crippen molar-refractivity contribution in [2.45, 2.75) is 20.0 Å². The van der Waals surface area contributed by atoms with Crippen molar-refractivity contribution in [3.63, 3.8) is 0 Å². The van der Waals surface area contributed by atoms with Crippen LogP contribution in [0.2, 0.25) is 5.02 Å². The van der Waals surface area contributed by atoms with E-state index in [1.807, 2.05) is 13.0 Å². The molecule has 4 rings (SSSR count). The minimum atomic E-state index is -0.514. The van der Waals surface area contributed by atoms with Gasteiger partial charge in [-0.3, -0.25) is 4.79 Å². The third kappa shape index (κ3) is 3.84. The molecule has 0 saturated heterocycles. The van der Waals surface area contributed by atoms with Gasteiger partial charge in [-0.25, -0.2) is 4.79 Å². The van der Waals surface area contributed by atoms with E-state index in [0.717, 1.165) is 10.9 Å². The van der Waals surface area contributed by atoms with E-state index in [1.165, 1.54) is 12.3 Å². The predicted molar refractivity (Wildman–Crippen MR) is 108 cm³/mol. The second-order valence-corrected chi connectivity index (χ2v) is 7.06. The zero-order valence-corrected chi connectivity index (χ0v) is 16.5. The van der Waals surface area contributed by atoms with Crippen LogP contribution in [0.5, 0.6) is 5.75 Å². The van der Waals surface area contributed by atoms with Crippen molar-refractivity contribution in [1.29, 1.82) is 0 Å². The van der Waals surface area contributed by atoms with Crippen LogP contribution in [0.3, 0.4) is 0 Å². The van der Waals surface area contributed by atoms with Gasteiger partial charge in [0.25, 0.3) is 0 Å². The average molecular weight is 413 g/mol. The van der Waals surface area contributed by atoms with E-state index < -0.39 is 11.6 Å². The highest BCUT2D eigenvalue weighted by atomic mass is 35.5. The number of methoxy groups -OCH3 is 1. The first-order chi connectivity index (χ1) is 13.9. The lowest BCUT2D eigenvalue weighted by atomic mass is 10.1. The average Bonchev–Trinajstić information content (AvgIpc) is 3.09. The van der Waals surface area contributed by atoms with Gasteiger partial charge in [-0.05, 0) is 36.8 Å². The normalized spacial score (nSPS) is 11.1. The third-order valence-corrected chi connectivity index (χ3v) is 5.10. The molecule has 29 heavy (non-hydrogen) atoms. The van der Waals surface area contributed by atoms with E-state index >= 15 is 0 Å². The topological polar surface area (TPSA) is 78.9 Å². The van der Waals surface area contributed by atoms with Crippen molar-refractivity contribution < 1.29 is 23.1 Å². The lowest BCUT2D eigenvalue weighted by molar-refractivity contribution is -0.144. The van der Waals surface area contributed by atoms with Crippen LogP contribution in [0, 0.1) is 6.92 Å². The third-order valence-electron chi connectivity index (χ3n) is 4.70. The molecule has 0 unspecified atom stereocenters. The summed E-state index contributed by atoms with van der Waals surface area (Å²) in [5.74, 6) is 0.229. The summed E-state index contributed by atoms with van der Waals surface area (Å²) >= 11 is 6.19. The Bertz CT molecular complexity index is 1280. The molecule has 0 aliphatic heterocycles. The molecule has 0 radical (unpaired) electrons. The summed E-state index contributed by atoms with van der Waals surface area (Å²) in [6, 6.07) is 10.1. The van der Waals surface area contributed by atoms with Crippen molar-refractivity contribution in [3.05, 3.63) is 74.8 Å². The van der Waals surface area contributed by atoms with E-state index in [0.29, 0.717) is 38.5 Å². The Balaban J connectivity index is 1.53. The van der Waals surface area contributed by atoms with Crippen LogP contribution < -0.4 is 10.4 Å². The first-order valence-corrected chi connectivity index (χ1v) is 9.25. The van der Waals surface area contributed by atoms with Crippen LogP contribution in [-0.4, -0.2) is 13.1 Å². The zero-order valence-electron chi connectivity index (χ0n) is 15.8. The molecule has 148 valence electrons. The van der Waals surface area contributed by atoms with Crippen LogP contribution in [0.25, 0.3) is 21.9 Å². The number of hydrogen-bond acceptors (Lipinski definition) is 6. The monoisotopic (exact) mass is 412 g/mol. The van der Waals surface area contributed by atoms with Gasteiger partial charge >= 0.3 is 11.6 Å². The number of fused-ring (bicyclic) bond motifs is 2. The lowest BCUT2D eigenvalue weighted by Gasteiger charge is -2.08. The van der Waals surface area contributed by atoms with E-state index in [-0.39, 0.29) is 13.0 Å². The highest BCUT2D eigenvalue weighted by Gasteiger charge is 2.14. The molecule has 2 heterocycles. The van der Waals surface area contributed by atoms with Crippen molar-refractivity contribution in [2.24, 2.45) is 0 Å². The molecule has 4 aromatic rings. The van der Waals surface area contributed by atoms with Crippen molar-refractivity contribution >= 4 is 39.5 Å². The number of furan rings is 1. The Hall–Kier alpha value is -3.25. The van der Waals surface area contributed by atoms with Gasteiger partial charge in [0.15, 0.2) is 0 Å². The first-order valence-electron chi connectivity index (χ1n) is 8.87. The molecule has 0 fully saturated rings. The molecule has 0 saturated carbocycles. The molecule has 2 aromatic heterocycles. The maximum atomic E-state index is 12.4. The molecular formula is C22H17ClO6. The predicted octanol–water partition coefficient (Wildman–Crippen LogP) is 4.80. The molecule has 2 aromatic carbocycles. The molecule has 0 N–H and O–H groups in total. The maximum absolute atomic E-state index is 12.4. The largest absolute Gasteiger partial charge is 0.497 e. The van der Waals surface area contributed by atoms with E-state index in [1.54, 1.807) is 31.4 Å². The molecule has 6 nitrogen and oxygen atoms in total. The van der Waals surface area contributed by atoms with Gasteiger partial charge in [0.1, 0.15) is 23.5 Å². The van der Waals surface area contributed by atoms with Gasteiger partial charge in [0.2, 0.25) is 0 Å². The molecule has 0 aliphatic carbocycles. The number of halogens is 1. The Morgan fingerprint density at radius 2 is 1.90 bits per heavy atom. The summed E-state index contributed by atoms with van der Waals surface area (Å²) in [7, 11) is 1.57. The molecule has 0 aliphatic rings.